The SMILES string of the molecule is COc1ccc(C)c(-c2c(N)c(C(N)=O)nc3ccccc23)c1C. The van der Waals surface area contributed by atoms with Gasteiger partial charge >= 0.3 is 0 Å². The monoisotopic (exact) mass is 321 g/mol. The van der Waals surface area contributed by atoms with Crippen LogP contribution in [0.25, 0.3) is 22.0 Å². The fourth-order valence-corrected chi connectivity index (χ4v) is 3.12. The van der Waals surface area contributed by atoms with Gasteiger partial charge in [-0.1, -0.05) is 24.3 Å². The molecule has 2 aromatic carbocycles. The molecule has 24 heavy (non-hydrogen) atoms. The van der Waals surface area contributed by atoms with Gasteiger partial charge in [0, 0.05) is 10.9 Å². The number of hydrogen-bond donors (Lipinski definition) is 2. The number of carbonyl (C=O) groups is 1. The van der Waals surface area contributed by atoms with Crippen LogP contribution in [0.4, 0.5) is 5.69 Å². The van der Waals surface area contributed by atoms with Gasteiger partial charge in [0.1, 0.15) is 5.75 Å². The minimum atomic E-state index is -0.641. The van der Waals surface area contributed by atoms with Crippen molar-refractivity contribution in [1.82, 2.24) is 4.98 Å². The second-order valence-corrected chi connectivity index (χ2v) is 5.72. The molecule has 0 aliphatic rings. The summed E-state index contributed by atoms with van der Waals surface area (Å²) in [6.07, 6.45) is 0. The average molecular weight is 321 g/mol. The zero-order valence-corrected chi connectivity index (χ0v) is 13.9. The number of rotatable bonds is 3. The van der Waals surface area contributed by atoms with E-state index in [1.807, 2.05) is 50.2 Å². The summed E-state index contributed by atoms with van der Waals surface area (Å²) >= 11 is 0. The highest BCUT2D eigenvalue weighted by Crippen LogP contribution is 2.41. The molecule has 0 unspecified atom stereocenters. The molecule has 0 aliphatic carbocycles. The fourth-order valence-electron chi connectivity index (χ4n) is 3.12. The summed E-state index contributed by atoms with van der Waals surface area (Å²) in [7, 11) is 1.63. The molecule has 0 atom stereocenters. The van der Waals surface area contributed by atoms with Crippen molar-refractivity contribution in [3.05, 3.63) is 53.2 Å². The maximum absolute atomic E-state index is 11.8. The van der Waals surface area contributed by atoms with Gasteiger partial charge in [-0.05, 0) is 42.7 Å². The van der Waals surface area contributed by atoms with Crippen molar-refractivity contribution in [3.63, 3.8) is 0 Å². The van der Waals surface area contributed by atoms with Gasteiger partial charge in [0.05, 0.1) is 18.3 Å². The topological polar surface area (TPSA) is 91.2 Å². The number of aromatic nitrogens is 1. The molecule has 5 heteroatoms. The van der Waals surface area contributed by atoms with Gasteiger partial charge in [-0.2, -0.15) is 0 Å². The molecule has 0 radical (unpaired) electrons. The molecule has 1 amide bonds. The largest absolute Gasteiger partial charge is 0.496 e. The molecule has 1 aromatic heterocycles. The number of hydrogen-bond acceptors (Lipinski definition) is 4. The Morgan fingerprint density at radius 3 is 2.46 bits per heavy atom. The summed E-state index contributed by atoms with van der Waals surface area (Å²) in [4.78, 5) is 16.1. The van der Waals surface area contributed by atoms with Crippen LogP contribution in [0, 0.1) is 13.8 Å². The molecule has 5 nitrogen and oxygen atoms in total. The highest BCUT2D eigenvalue weighted by atomic mass is 16.5. The summed E-state index contributed by atoms with van der Waals surface area (Å²) in [6.45, 7) is 3.97. The number of carbonyl (C=O) groups excluding carboxylic acids is 1. The van der Waals surface area contributed by atoms with Crippen LogP contribution in [0.3, 0.4) is 0 Å². The van der Waals surface area contributed by atoms with Gasteiger partial charge in [0.2, 0.25) is 0 Å². The molecule has 1 heterocycles. The first-order valence-electron chi connectivity index (χ1n) is 7.58. The van der Waals surface area contributed by atoms with E-state index in [0.717, 1.165) is 33.4 Å². The number of amides is 1. The van der Waals surface area contributed by atoms with Gasteiger partial charge in [-0.15, -0.1) is 0 Å². The smallest absolute Gasteiger partial charge is 0.269 e. The third-order valence-electron chi connectivity index (χ3n) is 4.26. The Morgan fingerprint density at radius 1 is 1.08 bits per heavy atom. The van der Waals surface area contributed by atoms with Crippen LogP contribution in [0.5, 0.6) is 5.75 Å². The van der Waals surface area contributed by atoms with Crippen molar-refractivity contribution in [3.8, 4) is 16.9 Å². The molecule has 4 N–H and O–H groups in total. The fraction of sp³-hybridized carbons (Fsp3) is 0.158. The maximum Gasteiger partial charge on any atom is 0.269 e. The number of nitrogens with zero attached hydrogens (tertiary/aromatic N) is 1. The van der Waals surface area contributed by atoms with Crippen molar-refractivity contribution < 1.29 is 9.53 Å². The summed E-state index contributed by atoms with van der Waals surface area (Å²) < 4.78 is 5.44. The third-order valence-corrected chi connectivity index (χ3v) is 4.26. The first-order chi connectivity index (χ1) is 11.5. The second kappa shape index (κ2) is 5.85. The van der Waals surface area contributed by atoms with Crippen molar-refractivity contribution >= 4 is 22.5 Å². The van der Waals surface area contributed by atoms with Crippen molar-refractivity contribution in [2.45, 2.75) is 13.8 Å². The number of anilines is 1. The van der Waals surface area contributed by atoms with E-state index in [-0.39, 0.29) is 5.69 Å². The van der Waals surface area contributed by atoms with E-state index in [2.05, 4.69) is 4.98 Å². The highest BCUT2D eigenvalue weighted by Gasteiger charge is 2.21. The average Bonchev–Trinajstić information content (AvgIpc) is 2.56. The number of pyridine rings is 1. The van der Waals surface area contributed by atoms with E-state index < -0.39 is 5.91 Å². The molecule has 0 fully saturated rings. The minimum Gasteiger partial charge on any atom is -0.496 e. The lowest BCUT2D eigenvalue weighted by Gasteiger charge is -2.18. The third kappa shape index (κ3) is 2.34. The number of ether oxygens (including phenoxy) is 1. The molecule has 122 valence electrons. The van der Waals surface area contributed by atoms with Gasteiger partial charge in [0.15, 0.2) is 5.69 Å². The van der Waals surface area contributed by atoms with Crippen LogP contribution < -0.4 is 16.2 Å². The Morgan fingerprint density at radius 2 is 1.79 bits per heavy atom. The van der Waals surface area contributed by atoms with Crippen LogP contribution >= 0.6 is 0 Å². The Kier molecular flexibility index (Phi) is 3.85. The van der Waals surface area contributed by atoms with E-state index >= 15 is 0 Å². The summed E-state index contributed by atoms with van der Waals surface area (Å²) in [5.41, 5.74) is 16.5. The predicted molar refractivity (Wildman–Crippen MR) is 96.1 cm³/mol. The minimum absolute atomic E-state index is 0.0883. The zero-order chi connectivity index (χ0) is 17.4. The van der Waals surface area contributed by atoms with Crippen LogP contribution in [0.1, 0.15) is 21.6 Å². The Balaban J connectivity index is 2.51. The lowest BCUT2D eigenvalue weighted by atomic mass is 9.90. The van der Waals surface area contributed by atoms with Crippen molar-refractivity contribution in [1.29, 1.82) is 0 Å². The van der Waals surface area contributed by atoms with Crippen molar-refractivity contribution in [2.75, 3.05) is 12.8 Å². The number of para-hydroxylation sites is 1. The summed E-state index contributed by atoms with van der Waals surface area (Å²) in [5, 5.41) is 0.874. The number of nitrogens with two attached hydrogens (primary N) is 2. The molecule has 0 saturated heterocycles. The number of primary amides is 1. The van der Waals surface area contributed by atoms with Crippen LogP contribution in [0.15, 0.2) is 36.4 Å². The summed E-state index contributed by atoms with van der Waals surface area (Å²) in [5.74, 6) is 0.120. The Hall–Kier alpha value is -3.08. The van der Waals surface area contributed by atoms with Crippen LogP contribution in [-0.4, -0.2) is 18.0 Å². The zero-order valence-electron chi connectivity index (χ0n) is 13.9. The quantitative estimate of drug-likeness (QED) is 0.775. The van der Waals surface area contributed by atoms with E-state index in [9.17, 15) is 4.79 Å². The second-order valence-electron chi connectivity index (χ2n) is 5.72. The highest BCUT2D eigenvalue weighted by molar-refractivity contribution is 6.09. The molecule has 3 aromatic rings. The Labute approximate surface area is 140 Å². The van der Waals surface area contributed by atoms with Crippen molar-refractivity contribution in [2.24, 2.45) is 5.73 Å². The first kappa shape index (κ1) is 15.8. The molecular weight excluding hydrogens is 302 g/mol. The van der Waals surface area contributed by atoms with Crippen LogP contribution in [-0.2, 0) is 0 Å². The molecule has 3 rings (SSSR count). The number of benzene rings is 2. The Bertz CT molecular complexity index is 964. The van der Waals surface area contributed by atoms with Gasteiger partial charge in [-0.25, -0.2) is 4.98 Å². The van der Waals surface area contributed by atoms with E-state index in [1.165, 1.54) is 0 Å². The van der Waals surface area contributed by atoms with E-state index in [0.29, 0.717) is 11.2 Å². The van der Waals surface area contributed by atoms with E-state index in [4.69, 9.17) is 16.2 Å². The molecular formula is C19H19N3O2. The standard InChI is InChI=1S/C19H19N3O2/c1-10-8-9-14(24-3)11(2)15(10)16-12-6-4-5-7-13(12)22-18(17(16)20)19(21)23/h4-9H,20H2,1-3H3,(H2,21,23). The number of methoxy groups -OCH3 is 1. The lowest BCUT2D eigenvalue weighted by molar-refractivity contribution is 0.0997. The van der Waals surface area contributed by atoms with Gasteiger partial charge in [-0.3, -0.25) is 4.79 Å². The molecule has 0 aliphatic heterocycles. The molecule has 0 saturated carbocycles. The molecule has 0 bridgehead atoms. The lowest BCUT2D eigenvalue weighted by Crippen LogP contribution is -2.16. The predicted octanol–water partition coefficient (Wildman–Crippen LogP) is 3.21. The normalized spacial score (nSPS) is 10.8. The number of fused-ring (bicyclic) bond motifs is 1. The van der Waals surface area contributed by atoms with E-state index in [1.54, 1.807) is 7.11 Å². The van der Waals surface area contributed by atoms with Crippen LogP contribution in [0.2, 0.25) is 0 Å². The first-order valence-corrected chi connectivity index (χ1v) is 7.58. The van der Waals surface area contributed by atoms with Gasteiger partial charge in [0.25, 0.3) is 5.91 Å². The van der Waals surface area contributed by atoms with Gasteiger partial charge < -0.3 is 16.2 Å². The number of nitrogen functional groups attached to an aromatic ring is 1. The summed E-state index contributed by atoms with van der Waals surface area (Å²) in [6, 6.07) is 11.5. The molecule has 0 spiro atoms. The maximum atomic E-state index is 11.8. The number of aryl methyl sites for hydroxylation is 1.